The van der Waals surface area contributed by atoms with E-state index in [4.69, 9.17) is 4.74 Å². The number of carbonyl (C=O) groups excluding carboxylic acids is 1. The molecule has 1 amide bonds. The van der Waals surface area contributed by atoms with Crippen LogP contribution in [0, 0.1) is 0 Å². The van der Waals surface area contributed by atoms with E-state index in [1.54, 1.807) is 17.9 Å². The maximum Gasteiger partial charge on any atom is 0.242 e. The summed E-state index contributed by atoms with van der Waals surface area (Å²) >= 11 is 0. The van der Waals surface area contributed by atoms with E-state index < -0.39 is 0 Å². The van der Waals surface area contributed by atoms with Crippen molar-refractivity contribution in [2.45, 2.75) is 19.0 Å². The molecule has 118 valence electrons. The lowest BCUT2D eigenvalue weighted by Gasteiger charge is -2.30. The number of nitrogens with zero attached hydrogens (tertiary/aromatic N) is 3. The van der Waals surface area contributed by atoms with Crippen molar-refractivity contribution in [1.82, 2.24) is 25.3 Å². The molecule has 2 heterocycles. The fraction of sp³-hybridized carbons (Fsp3) is 0.714. The number of hydrogen-bond acceptors (Lipinski definition) is 5. The predicted octanol–water partition coefficient (Wildman–Crippen LogP) is -0.482. The highest BCUT2D eigenvalue weighted by Gasteiger charge is 2.22. The Bertz CT molecular complexity index is 456. The first kappa shape index (κ1) is 15.9. The number of hydrogen-bond donors (Lipinski definition) is 2. The minimum Gasteiger partial charge on any atom is -0.379 e. The first-order chi connectivity index (χ1) is 10.1. The predicted molar refractivity (Wildman–Crippen MR) is 79.9 cm³/mol. The van der Waals surface area contributed by atoms with Gasteiger partial charge in [0.2, 0.25) is 5.91 Å². The Kier molecular flexibility index (Phi) is 5.72. The second-order valence-corrected chi connectivity index (χ2v) is 5.49. The number of nitrogens with one attached hydrogen (secondary N) is 2. The molecule has 2 N–H and O–H groups in total. The highest BCUT2D eigenvalue weighted by atomic mass is 16.5. The summed E-state index contributed by atoms with van der Waals surface area (Å²) in [5, 5.41) is 10.2. The van der Waals surface area contributed by atoms with Gasteiger partial charge in [-0.15, -0.1) is 0 Å². The van der Waals surface area contributed by atoms with Crippen LogP contribution in [0.3, 0.4) is 0 Å². The van der Waals surface area contributed by atoms with Gasteiger partial charge in [-0.05, 0) is 14.0 Å². The molecule has 0 aromatic carbocycles. The highest BCUT2D eigenvalue weighted by molar-refractivity contribution is 5.83. The number of amides is 1. The van der Waals surface area contributed by atoms with Crippen LogP contribution in [0.25, 0.3) is 0 Å². The van der Waals surface area contributed by atoms with Crippen molar-refractivity contribution in [3.8, 4) is 0 Å². The zero-order valence-electron chi connectivity index (χ0n) is 13.0. The topological polar surface area (TPSA) is 71.4 Å². The molecule has 0 radical (unpaired) electrons. The largest absolute Gasteiger partial charge is 0.379 e. The maximum absolute atomic E-state index is 12.4. The molecule has 1 aliphatic rings. The summed E-state index contributed by atoms with van der Waals surface area (Å²) in [7, 11) is 3.62. The summed E-state index contributed by atoms with van der Waals surface area (Å²) in [6, 6.07) is -0.269. The Morgan fingerprint density at radius 1 is 1.48 bits per heavy atom. The summed E-state index contributed by atoms with van der Waals surface area (Å²) in [6.07, 6.45) is 3.57. The molecule has 1 aromatic rings. The Hall–Kier alpha value is -1.44. The molecule has 1 aromatic heterocycles. The molecule has 1 saturated heterocycles. The lowest BCUT2D eigenvalue weighted by Crippen LogP contribution is -2.48. The summed E-state index contributed by atoms with van der Waals surface area (Å²) < 4.78 is 7.03. The second-order valence-electron chi connectivity index (χ2n) is 5.49. The lowest BCUT2D eigenvalue weighted by molar-refractivity contribution is -0.124. The number of ether oxygens (including phenoxy) is 1. The van der Waals surface area contributed by atoms with Crippen LogP contribution in [0.1, 0.15) is 18.5 Å². The van der Waals surface area contributed by atoms with Crippen molar-refractivity contribution in [2.75, 3.05) is 39.9 Å². The minimum absolute atomic E-state index is 0.0220. The standard InChI is InChI=1S/C14H25N5O2/c1-11(9-19-4-6-21-7-5-19)17-14(20)13(15-2)12-8-16-18(3)10-12/h8,10-11,13,15H,4-7,9H2,1-3H3,(H,17,20). The first-order valence-corrected chi connectivity index (χ1v) is 7.36. The third-order valence-electron chi connectivity index (χ3n) is 3.63. The normalized spacial score (nSPS) is 19.2. The van der Waals surface area contributed by atoms with Crippen LogP contribution < -0.4 is 10.6 Å². The molecule has 2 unspecified atom stereocenters. The SMILES string of the molecule is CNC(C(=O)NC(C)CN1CCOCC1)c1cnn(C)c1. The lowest BCUT2D eigenvalue weighted by atomic mass is 10.1. The van der Waals surface area contributed by atoms with E-state index in [0.717, 1.165) is 38.4 Å². The van der Waals surface area contributed by atoms with E-state index >= 15 is 0 Å². The van der Waals surface area contributed by atoms with Crippen molar-refractivity contribution in [2.24, 2.45) is 7.05 Å². The van der Waals surface area contributed by atoms with Gasteiger partial charge in [-0.2, -0.15) is 5.10 Å². The van der Waals surface area contributed by atoms with Gasteiger partial charge in [-0.25, -0.2) is 0 Å². The summed E-state index contributed by atoms with van der Waals surface area (Å²) in [6.45, 7) is 6.28. The van der Waals surface area contributed by atoms with Crippen molar-refractivity contribution in [1.29, 1.82) is 0 Å². The van der Waals surface area contributed by atoms with Gasteiger partial charge in [0.05, 0.1) is 19.4 Å². The number of morpholine rings is 1. The van der Waals surface area contributed by atoms with Crippen LogP contribution in [0.15, 0.2) is 12.4 Å². The molecule has 0 saturated carbocycles. The zero-order valence-corrected chi connectivity index (χ0v) is 13.0. The van der Waals surface area contributed by atoms with Gasteiger partial charge in [0.15, 0.2) is 0 Å². The smallest absolute Gasteiger partial charge is 0.242 e. The fourth-order valence-electron chi connectivity index (χ4n) is 2.58. The monoisotopic (exact) mass is 295 g/mol. The van der Waals surface area contributed by atoms with Crippen LogP contribution >= 0.6 is 0 Å². The molecule has 0 aliphatic carbocycles. The van der Waals surface area contributed by atoms with Crippen molar-refractivity contribution in [3.63, 3.8) is 0 Å². The summed E-state index contributed by atoms with van der Waals surface area (Å²) in [5.41, 5.74) is 0.871. The Labute approximate surface area is 125 Å². The first-order valence-electron chi connectivity index (χ1n) is 7.36. The van der Waals surface area contributed by atoms with Crippen molar-refractivity contribution < 1.29 is 9.53 Å². The minimum atomic E-state index is -0.370. The van der Waals surface area contributed by atoms with Crippen LogP contribution in [-0.4, -0.2) is 66.5 Å². The average molecular weight is 295 g/mol. The van der Waals surface area contributed by atoms with Gasteiger partial charge in [-0.1, -0.05) is 0 Å². The number of aryl methyl sites for hydroxylation is 1. The van der Waals surface area contributed by atoms with Gasteiger partial charge in [-0.3, -0.25) is 14.4 Å². The Balaban J connectivity index is 1.86. The van der Waals surface area contributed by atoms with E-state index in [0.29, 0.717) is 0 Å². The van der Waals surface area contributed by atoms with Crippen molar-refractivity contribution >= 4 is 5.91 Å². The molecule has 7 nitrogen and oxygen atoms in total. The molecule has 1 aliphatic heterocycles. The Morgan fingerprint density at radius 2 is 2.19 bits per heavy atom. The quantitative estimate of drug-likeness (QED) is 0.741. The number of aromatic nitrogens is 2. The number of likely N-dealkylation sites (N-methyl/N-ethyl adjacent to an activating group) is 1. The number of rotatable bonds is 6. The molecule has 7 heteroatoms. The second kappa shape index (κ2) is 7.53. The van der Waals surface area contributed by atoms with Gasteiger partial charge in [0, 0.05) is 44.5 Å². The molecular formula is C14H25N5O2. The molecule has 2 rings (SSSR count). The molecule has 0 spiro atoms. The van der Waals surface area contributed by atoms with Gasteiger partial charge in [0.25, 0.3) is 0 Å². The number of carbonyl (C=O) groups is 1. The molecule has 21 heavy (non-hydrogen) atoms. The average Bonchev–Trinajstić information content (AvgIpc) is 2.87. The van der Waals surface area contributed by atoms with E-state index in [9.17, 15) is 4.79 Å². The van der Waals surface area contributed by atoms with Crippen LogP contribution in [-0.2, 0) is 16.6 Å². The molecule has 0 bridgehead atoms. The third kappa shape index (κ3) is 4.52. The molecular weight excluding hydrogens is 270 g/mol. The van der Waals surface area contributed by atoms with E-state index in [2.05, 4.69) is 20.6 Å². The zero-order chi connectivity index (χ0) is 15.2. The van der Waals surface area contributed by atoms with Crippen molar-refractivity contribution in [3.05, 3.63) is 18.0 Å². The van der Waals surface area contributed by atoms with Crippen LogP contribution in [0.4, 0.5) is 0 Å². The van der Waals surface area contributed by atoms with E-state index in [-0.39, 0.29) is 18.0 Å². The van der Waals surface area contributed by atoms with Gasteiger partial charge < -0.3 is 15.4 Å². The highest BCUT2D eigenvalue weighted by Crippen LogP contribution is 2.11. The van der Waals surface area contributed by atoms with E-state index in [1.165, 1.54) is 0 Å². The third-order valence-corrected chi connectivity index (χ3v) is 3.63. The van der Waals surface area contributed by atoms with Crippen LogP contribution in [0.2, 0.25) is 0 Å². The van der Waals surface area contributed by atoms with Gasteiger partial charge in [0.1, 0.15) is 6.04 Å². The van der Waals surface area contributed by atoms with Crippen LogP contribution in [0.5, 0.6) is 0 Å². The van der Waals surface area contributed by atoms with Gasteiger partial charge >= 0.3 is 0 Å². The summed E-state index contributed by atoms with van der Waals surface area (Å²) in [5.74, 6) is -0.0220. The molecule has 1 fully saturated rings. The Morgan fingerprint density at radius 3 is 2.76 bits per heavy atom. The summed E-state index contributed by atoms with van der Waals surface area (Å²) in [4.78, 5) is 14.7. The fourth-order valence-corrected chi connectivity index (χ4v) is 2.58. The molecule has 2 atom stereocenters. The maximum atomic E-state index is 12.4. The van der Waals surface area contributed by atoms with E-state index in [1.807, 2.05) is 20.2 Å².